The summed E-state index contributed by atoms with van der Waals surface area (Å²) < 4.78 is 7.47. The molecule has 0 aliphatic heterocycles. The summed E-state index contributed by atoms with van der Waals surface area (Å²) >= 11 is 0. The highest BCUT2D eigenvalue weighted by atomic mass is 28.3. The second-order valence-electron chi connectivity index (χ2n) is 16.8. The van der Waals surface area contributed by atoms with Crippen molar-refractivity contribution in [3.63, 3.8) is 0 Å². The van der Waals surface area contributed by atoms with E-state index in [9.17, 15) is 0 Å². The molecule has 64 heavy (non-hydrogen) atoms. The van der Waals surface area contributed by atoms with Crippen molar-refractivity contribution < 1.29 is 0 Å². The van der Waals surface area contributed by atoms with E-state index < -0.39 is 8.07 Å². The van der Waals surface area contributed by atoms with Crippen LogP contribution in [0.1, 0.15) is 0 Å². The smallest absolute Gasteiger partial charge is 0.179 e. The van der Waals surface area contributed by atoms with Crippen molar-refractivity contribution in [2.24, 2.45) is 0 Å². The quantitative estimate of drug-likeness (QED) is 0.112. The molecule has 0 atom stereocenters. The van der Waals surface area contributed by atoms with Gasteiger partial charge in [0.15, 0.2) is 8.07 Å². The standard InChI is InChI=1S/C60H41N3Si/c1-4-20-43(21-5-1)64(44-22-6-2-7-23-44,45-24-8-3-9-25-45)46-37-39-59(62-55-33-17-12-28-49(55)50-29-13-18-34-56(50)62)60(41-46)63-57-35-19-14-30-51(57)52-40-42(36-38-58(52)63)61-53-31-15-10-26-47(53)48-27-11-16-32-54(48)61/h1-41H. The maximum atomic E-state index is 2.55. The Balaban J connectivity index is 1.17. The molecule has 3 nitrogen and oxygen atoms in total. The summed E-state index contributed by atoms with van der Waals surface area (Å²) in [5.74, 6) is 0. The van der Waals surface area contributed by atoms with Gasteiger partial charge in [0.2, 0.25) is 0 Å². The minimum Gasteiger partial charge on any atom is -0.309 e. The molecule has 0 N–H and O–H groups in total. The normalized spacial score (nSPS) is 12.1. The average molecular weight is 832 g/mol. The number of benzene rings is 10. The van der Waals surface area contributed by atoms with Crippen molar-refractivity contribution in [1.29, 1.82) is 0 Å². The first kappa shape index (κ1) is 36.5. The van der Waals surface area contributed by atoms with E-state index in [-0.39, 0.29) is 0 Å². The molecular formula is C60H41N3Si. The molecule has 3 heterocycles. The predicted molar refractivity (Wildman–Crippen MR) is 273 cm³/mol. The van der Waals surface area contributed by atoms with Gasteiger partial charge in [-0.1, -0.05) is 188 Å². The third-order valence-electron chi connectivity index (χ3n) is 13.6. The monoisotopic (exact) mass is 831 g/mol. The van der Waals surface area contributed by atoms with Crippen molar-refractivity contribution in [3.05, 3.63) is 249 Å². The van der Waals surface area contributed by atoms with Gasteiger partial charge in [0.1, 0.15) is 0 Å². The Labute approximate surface area is 372 Å². The average Bonchev–Trinajstić information content (AvgIpc) is 4.01. The van der Waals surface area contributed by atoms with E-state index in [1.807, 2.05) is 0 Å². The van der Waals surface area contributed by atoms with E-state index in [4.69, 9.17) is 0 Å². The maximum Gasteiger partial charge on any atom is 0.179 e. The molecule has 0 saturated heterocycles. The van der Waals surface area contributed by atoms with Crippen LogP contribution in [-0.4, -0.2) is 21.8 Å². The number of nitrogens with zero attached hydrogens (tertiary/aromatic N) is 3. The largest absolute Gasteiger partial charge is 0.309 e. The fraction of sp³-hybridized carbons (Fsp3) is 0. The molecule has 10 aromatic carbocycles. The first-order chi connectivity index (χ1) is 31.8. The summed E-state index contributed by atoms with van der Waals surface area (Å²) in [6, 6.07) is 92.5. The Morgan fingerprint density at radius 2 is 0.562 bits per heavy atom. The number of aromatic nitrogens is 3. The summed E-state index contributed by atoms with van der Waals surface area (Å²) in [5, 5.41) is 12.8. The molecule has 0 radical (unpaired) electrons. The molecule has 0 bridgehead atoms. The van der Waals surface area contributed by atoms with Crippen LogP contribution in [0, 0.1) is 0 Å². The molecule has 0 unspecified atom stereocenters. The van der Waals surface area contributed by atoms with Crippen LogP contribution >= 0.6 is 0 Å². The summed E-state index contributed by atoms with van der Waals surface area (Å²) in [7, 11) is -2.92. The fourth-order valence-corrected chi connectivity index (χ4v) is 15.7. The second-order valence-corrected chi connectivity index (χ2v) is 20.7. The number of para-hydroxylation sites is 5. The van der Waals surface area contributed by atoms with Crippen molar-refractivity contribution in [3.8, 4) is 17.1 Å². The molecular weight excluding hydrogens is 791 g/mol. The van der Waals surface area contributed by atoms with Gasteiger partial charge in [0.25, 0.3) is 0 Å². The second kappa shape index (κ2) is 14.5. The minimum absolute atomic E-state index is 1.13. The van der Waals surface area contributed by atoms with Crippen LogP contribution in [0.25, 0.3) is 82.5 Å². The van der Waals surface area contributed by atoms with Crippen LogP contribution < -0.4 is 20.7 Å². The van der Waals surface area contributed by atoms with E-state index in [1.165, 1.54) is 80.6 Å². The molecule has 4 heteroatoms. The van der Waals surface area contributed by atoms with Crippen LogP contribution in [0.15, 0.2) is 249 Å². The highest BCUT2D eigenvalue weighted by molar-refractivity contribution is 7.19. The van der Waals surface area contributed by atoms with Crippen LogP contribution in [0.5, 0.6) is 0 Å². The zero-order valence-electron chi connectivity index (χ0n) is 35.0. The Morgan fingerprint density at radius 1 is 0.219 bits per heavy atom. The van der Waals surface area contributed by atoms with Crippen molar-refractivity contribution in [2.45, 2.75) is 0 Å². The summed E-state index contributed by atoms with van der Waals surface area (Å²) in [6.07, 6.45) is 0. The van der Waals surface area contributed by atoms with Gasteiger partial charge >= 0.3 is 0 Å². The van der Waals surface area contributed by atoms with E-state index in [0.29, 0.717) is 0 Å². The minimum atomic E-state index is -2.92. The lowest BCUT2D eigenvalue weighted by molar-refractivity contribution is 1.10. The molecule has 3 aromatic heterocycles. The summed E-state index contributed by atoms with van der Waals surface area (Å²) in [4.78, 5) is 0. The van der Waals surface area contributed by atoms with Gasteiger partial charge in [-0.3, -0.25) is 0 Å². The molecule has 0 aliphatic rings. The molecule has 0 spiro atoms. The molecule has 13 aromatic rings. The van der Waals surface area contributed by atoms with Crippen molar-refractivity contribution >= 4 is 94.2 Å². The van der Waals surface area contributed by atoms with Gasteiger partial charge in [0.05, 0.1) is 44.5 Å². The predicted octanol–water partition coefficient (Wildman–Crippen LogP) is 12.4. The molecule has 300 valence electrons. The van der Waals surface area contributed by atoms with E-state index in [2.05, 4.69) is 262 Å². The Bertz CT molecular complexity index is 3690. The van der Waals surface area contributed by atoms with Gasteiger partial charge in [-0.05, 0) is 81.4 Å². The maximum absolute atomic E-state index is 2.92. The van der Waals surface area contributed by atoms with Gasteiger partial charge < -0.3 is 13.7 Å². The van der Waals surface area contributed by atoms with E-state index in [1.54, 1.807) is 0 Å². The summed E-state index contributed by atoms with van der Waals surface area (Å²) in [6.45, 7) is 0. The van der Waals surface area contributed by atoms with Crippen LogP contribution in [0.4, 0.5) is 0 Å². The molecule has 13 rings (SSSR count). The van der Waals surface area contributed by atoms with Crippen LogP contribution in [-0.2, 0) is 0 Å². The molecule has 0 fully saturated rings. The third kappa shape index (κ3) is 5.27. The first-order valence-electron chi connectivity index (χ1n) is 22.1. The van der Waals surface area contributed by atoms with Gasteiger partial charge in [-0.15, -0.1) is 0 Å². The topological polar surface area (TPSA) is 14.8 Å². The first-order valence-corrected chi connectivity index (χ1v) is 24.1. The zero-order valence-corrected chi connectivity index (χ0v) is 36.0. The van der Waals surface area contributed by atoms with Gasteiger partial charge in [-0.25, -0.2) is 0 Å². The van der Waals surface area contributed by atoms with Crippen molar-refractivity contribution in [1.82, 2.24) is 13.7 Å². The Morgan fingerprint density at radius 3 is 1.00 bits per heavy atom. The van der Waals surface area contributed by atoms with Crippen LogP contribution in [0.3, 0.4) is 0 Å². The number of fused-ring (bicyclic) bond motifs is 9. The third-order valence-corrected chi connectivity index (χ3v) is 18.4. The number of hydrogen-bond donors (Lipinski definition) is 0. The van der Waals surface area contributed by atoms with Gasteiger partial charge in [0, 0.05) is 38.0 Å². The highest BCUT2D eigenvalue weighted by Crippen LogP contribution is 2.40. The zero-order chi connectivity index (χ0) is 42.2. The Hall–Kier alpha value is -8.18. The van der Waals surface area contributed by atoms with E-state index in [0.717, 1.165) is 22.6 Å². The fourth-order valence-electron chi connectivity index (χ4n) is 10.9. The van der Waals surface area contributed by atoms with Gasteiger partial charge in [-0.2, -0.15) is 0 Å². The molecule has 0 aliphatic carbocycles. The van der Waals surface area contributed by atoms with E-state index >= 15 is 0 Å². The SMILES string of the molecule is c1ccc([Si](c2ccccc2)(c2ccccc2)c2ccc(-n3c4ccccc4c4ccccc43)c(-n3c4ccccc4c4cc(-n5c6ccccc6c6ccccc65)ccc43)c2)cc1. The summed E-state index contributed by atoms with van der Waals surface area (Å²) in [5.41, 5.74) is 10.5. The molecule has 0 saturated carbocycles. The Kier molecular flexibility index (Phi) is 8.23. The van der Waals surface area contributed by atoms with Crippen molar-refractivity contribution in [2.75, 3.05) is 0 Å². The lowest BCUT2D eigenvalue weighted by atomic mass is 10.1. The lowest BCUT2D eigenvalue weighted by Crippen LogP contribution is -2.74. The number of rotatable bonds is 7. The number of hydrogen-bond acceptors (Lipinski definition) is 0. The lowest BCUT2D eigenvalue weighted by Gasteiger charge is -2.35. The van der Waals surface area contributed by atoms with Crippen LogP contribution in [0.2, 0.25) is 0 Å². The highest BCUT2D eigenvalue weighted by Gasteiger charge is 2.42. The molecule has 0 amide bonds.